The predicted molar refractivity (Wildman–Crippen MR) is 82.5 cm³/mol. The zero-order valence-corrected chi connectivity index (χ0v) is 13.6. The van der Waals surface area contributed by atoms with Gasteiger partial charge in [-0.25, -0.2) is 8.42 Å². The van der Waals surface area contributed by atoms with E-state index in [0.29, 0.717) is 18.0 Å². The number of benzene rings is 1. The molecule has 1 aromatic rings. The van der Waals surface area contributed by atoms with Gasteiger partial charge in [0.15, 0.2) is 0 Å². The molecule has 1 atom stereocenters. The van der Waals surface area contributed by atoms with E-state index >= 15 is 0 Å². The van der Waals surface area contributed by atoms with Crippen LogP contribution in [0, 0.1) is 0 Å². The molecule has 1 heterocycles. The molecule has 21 heavy (non-hydrogen) atoms. The van der Waals surface area contributed by atoms with E-state index in [0.717, 1.165) is 5.56 Å². The third-order valence-electron chi connectivity index (χ3n) is 3.50. The number of rotatable bonds is 4. The molecule has 0 aliphatic carbocycles. The molecular formula is C14H19ClN2O3S. The highest BCUT2D eigenvalue weighted by Crippen LogP contribution is 2.24. The van der Waals surface area contributed by atoms with Gasteiger partial charge in [-0.05, 0) is 31.9 Å². The molecule has 0 bridgehead atoms. The Morgan fingerprint density at radius 3 is 2.71 bits per heavy atom. The van der Waals surface area contributed by atoms with Gasteiger partial charge in [-0.15, -0.1) is 0 Å². The number of sulfonamides is 1. The minimum absolute atomic E-state index is 0.0232. The Bertz CT molecular complexity index is 631. The first-order valence-corrected chi connectivity index (χ1v) is 8.84. The van der Waals surface area contributed by atoms with Crippen LogP contribution in [-0.4, -0.2) is 36.5 Å². The zero-order chi connectivity index (χ0) is 15.6. The Labute approximate surface area is 130 Å². The Kier molecular flexibility index (Phi) is 4.91. The maximum atomic E-state index is 12.3. The van der Waals surface area contributed by atoms with E-state index in [-0.39, 0.29) is 17.7 Å². The second-order valence-corrected chi connectivity index (χ2v) is 7.75. The van der Waals surface area contributed by atoms with Crippen molar-refractivity contribution in [2.75, 3.05) is 5.75 Å². The van der Waals surface area contributed by atoms with Crippen LogP contribution in [0.2, 0.25) is 5.02 Å². The monoisotopic (exact) mass is 330 g/mol. The van der Waals surface area contributed by atoms with Crippen LogP contribution in [0.3, 0.4) is 0 Å². The fourth-order valence-electron chi connectivity index (χ4n) is 2.56. The van der Waals surface area contributed by atoms with E-state index in [2.05, 4.69) is 5.32 Å². The van der Waals surface area contributed by atoms with E-state index in [1.165, 1.54) is 4.31 Å². The number of nitrogens with zero attached hydrogens (tertiary/aromatic N) is 1. The minimum Gasteiger partial charge on any atom is -0.351 e. The molecule has 1 aliphatic rings. The largest absolute Gasteiger partial charge is 0.351 e. The summed E-state index contributed by atoms with van der Waals surface area (Å²) >= 11 is 6.03. The number of amides is 1. The second-order valence-electron chi connectivity index (χ2n) is 5.35. The quantitative estimate of drug-likeness (QED) is 0.915. The number of hydrogen-bond donors (Lipinski definition) is 1. The summed E-state index contributed by atoms with van der Waals surface area (Å²) < 4.78 is 25.2. The van der Waals surface area contributed by atoms with Crippen LogP contribution in [0.4, 0.5) is 0 Å². The lowest BCUT2D eigenvalue weighted by atomic mass is 10.1. The molecule has 1 N–H and O–H groups in total. The normalized spacial score (nSPS) is 21.6. The molecule has 0 radical (unpaired) electrons. The third kappa shape index (κ3) is 3.56. The van der Waals surface area contributed by atoms with Crippen LogP contribution in [0.5, 0.6) is 0 Å². The highest BCUT2D eigenvalue weighted by molar-refractivity contribution is 7.89. The van der Waals surface area contributed by atoms with Gasteiger partial charge in [-0.1, -0.05) is 29.8 Å². The fourth-order valence-corrected chi connectivity index (χ4v) is 4.72. The topological polar surface area (TPSA) is 66.5 Å². The van der Waals surface area contributed by atoms with Gasteiger partial charge in [0.1, 0.15) is 6.04 Å². The summed E-state index contributed by atoms with van der Waals surface area (Å²) in [4.78, 5) is 12.3. The van der Waals surface area contributed by atoms with E-state index in [1.54, 1.807) is 19.9 Å². The van der Waals surface area contributed by atoms with E-state index in [1.807, 2.05) is 18.2 Å². The number of halogens is 1. The van der Waals surface area contributed by atoms with Crippen molar-refractivity contribution in [3.05, 3.63) is 34.9 Å². The standard InChI is InChI=1S/C14H19ClN2O3S/c1-10(2)17-13(7-8-21(17,19)20)14(18)16-9-11-5-3-4-6-12(11)15/h3-6,10,13H,7-9H2,1-2H3,(H,16,18). The average Bonchev–Trinajstić information content (AvgIpc) is 2.73. The van der Waals surface area contributed by atoms with Gasteiger partial charge in [-0.2, -0.15) is 4.31 Å². The summed E-state index contributed by atoms with van der Waals surface area (Å²) in [6.07, 6.45) is 0.328. The molecule has 2 rings (SSSR count). The van der Waals surface area contributed by atoms with E-state index < -0.39 is 16.1 Å². The Balaban J connectivity index is 2.06. The lowest BCUT2D eigenvalue weighted by Crippen LogP contribution is -2.47. The number of carbonyl (C=O) groups excluding carboxylic acids is 1. The minimum atomic E-state index is -3.33. The molecule has 116 valence electrons. The molecule has 0 aromatic heterocycles. The van der Waals surface area contributed by atoms with Crippen molar-refractivity contribution in [2.45, 2.75) is 38.9 Å². The maximum Gasteiger partial charge on any atom is 0.238 e. The first kappa shape index (κ1) is 16.3. The van der Waals surface area contributed by atoms with E-state index in [9.17, 15) is 13.2 Å². The predicted octanol–water partition coefficient (Wildman–Crippen LogP) is 1.77. The number of hydrogen-bond acceptors (Lipinski definition) is 3. The smallest absolute Gasteiger partial charge is 0.238 e. The zero-order valence-electron chi connectivity index (χ0n) is 12.0. The lowest BCUT2D eigenvalue weighted by molar-refractivity contribution is -0.125. The molecule has 5 nitrogen and oxygen atoms in total. The molecule has 1 amide bonds. The summed E-state index contributed by atoms with van der Waals surface area (Å²) in [7, 11) is -3.33. The van der Waals surface area contributed by atoms with Gasteiger partial charge in [-0.3, -0.25) is 4.79 Å². The SMILES string of the molecule is CC(C)N1C(C(=O)NCc2ccccc2Cl)CCS1(=O)=O. The van der Waals surface area contributed by atoms with Crippen molar-refractivity contribution in [3.63, 3.8) is 0 Å². The van der Waals surface area contributed by atoms with Crippen molar-refractivity contribution in [1.82, 2.24) is 9.62 Å². The maximum absolute atomic E-state index is 12.3. The van der Waals surface area contributed by atoms with Crippen LogP contribution < -0.4 is 5.32 Å². The molecule has 1 aromatic carbocycles. The summed E-state index contributed by atoms with van der Waals surface area (Å²) in [5.41, 5.74) is 0.810. The van der Waals surface area contributed by atoms with Crippen LogP contribution in [0.25, 0.3) is 0 Å². The highest BCUT2D eigenvalue weighted by atomic mass is 35.5. The third-order valence-corrected chi connectivity index (χ3v) is 5.94. The van der Waals surface area contributed by atoms with Crippen molar-refractivity contribution >= 4 is 27.5 Å². The highest BCUT2D eigenvalue weighted by Gasteiger charge is 2.42. The number of carbonyl (C=O) groups is 1. The van der Waals surface area contributed by atoms with Crippen LogP contribution >= 0.6 is 11.6 Å². The Hall–Kier alpha value is -1.11. The van der Waals surface area contributed by atoms with Gasteiger partial charge >= 0.3 is 0 Å². The Morgan fingerprint density at radius 2 is 2.10 bits per heavy atom. The fraction of sp³-hybridized carbons (Fsp3) is 0.500. The molecule has 1 unspecified atom stereocenters. The Morgan fingerprint density at radius 1 is 1.43 bits per heavy atom. The molecule has 1 saturated heterocycles. The molecule has 1 aliphatic heterocycles. The molecule has 1 fully saturated rings. The summed E-state index contributed by atoms with van der Waals surface area (Å²) in [6.45, 7) is 3.84. The second kappa shape index (κ2) is 6.34. The van der Waals surface area contributed by atoms with Crippen LogP contribution in [0.1, 0.15) is 25.8 Å². The molecular weight excluding hydrogens is 312 g/mol. The van der Waals surface area contributed by atoms with Gasteiger partial charge in [0, 0.05) is 17.6 Å². The van der Waals surface area contributed by atoms with Gasteiger partial charge < -0.3 is 5.32 Å². The van der Waals surface area contributed by atoms with Crippen molar-refractivity contribution in [2.24, 2.45) is 0 Å². The van der Waals surface area contributed by atoms with Gasteiger partial charge in [0.25, 0.3) is 0 Å². The molecule has 0 spiro atoms. The van der Waals surface area contributed by atoms with Crippen LogP contribution in [0.15, 0.2) is 24.3 Å². The number of nitrogens with one attached hydrogen (secondary N) is 1. The summed E-state index contributed by atoms with van der Waals surface area (Å²) in [6, 6.07) is 6.38. The molecule has 0 saturated carbocycles. The first-order chi connectivity index (χ1) is 9.83. The first-order valence-electron chi connectivity index (χ1n) is 6.85. The van der Waals surface area contributed by atoms with E-state index in [4.69, 9.17) is 11.6 Å². The van der Waals surface area contributed by atoms with Crippen molar-refractivity contribution in [3.8, 4) is 0 Å². The summed E-state index contributed by atoms with van der Waals surface area (Å²) in [5, 5.41) is 3.36. The average molecular weight is 331 g/mol. The van der Waals surface area contributed by atoms with Gasteiger partial charge in [0.2, 0.25) is 15.9 Å². The van der Waals surface area contributed by atoms with Crippen molar-refractivity contribution < 1.29 is 13.2 Å². The lowest BCUT2D eigenvalue weighted by Gasteiger charge is -2.25. The molecule has 7 heteroatoms. The summed E-state index contributed by atoms with van der Waals surface area (Å²) in [5.74, 6) is -0.250. The van der Waals surface area contributed by atoms with Crippen molar-refractivity contribution in [1.29, 1.82) is 0 Å². The van der Waals surface area contributed by atoms with Crippen LogP contribution in [-0.2, 0) is 21.4 Å². The van der Waals surface area contributed by atoms with Gasteiger partial charge in [0.05, 0.1) is 5.75 Å².